The summed E-state index contributed by atoms with van der Waals surface area (Å²) in [6, 6.07) is 1.93. The van der Waals surface area contributed by atoms with Gasteiger partial charge in [-0.2, -0.15) is 5.10 Å². The third-order valence-electron chi connectivity index (χ3n) is 5.60. The summed E-state index contributed by atoms with van der Waals surface area (Å²) < 4.78 is 5.56. The van der Waals surface area contributed by atoms with Crippen molar-refractivity contribution in [2.45, 2.75) is 25.4 Å². The van der Waals surface area contributed by atoms with E-state index in [0.29, 0.717) is 6.54 Å². The number of carbonyl (C=O) groups excluding carboxylic acids is 1. The van der Waals surface area contributed by atoms with Crippen molar-refractivity contribution in [1.82, 2.24) is 20.1 Å². The minimum Gasteiger partial charge on any atom is -0.483 e. The molecule has 2 aromatic rings. The lowest BCUT2D eigenvalue weighted by Gasteiger charge is -2.47. The van der Waals surface area contributed by atoms with Crippen LogP contribution in [0.4, 0.5) is 5.82 Å². The molecule has 0 radical (unpaired) electrons. The van der Waals surface area contributed by atoms with Crippen LogP contribution in [0.3, 0.4) is 0 Å². The molecule has 0 saturated carbocycles. The van der Waals surface area contributed by atoms with Crippen molar-refractivity contribution in [2.75, 3.05) is 38.7 Å². The topological polar surface area (TPSA) is 112 Å². The van der Waals surface area contributed by atoms with Crippen LogP contribution in [0.1, 0.15) is 19.3 Å². The quantitative estimate of drug-likeness (QED) is 0.757. The molecule has 2 fully saturated rings. The molecule has 9 nitrogen and oxygen atoms in total. The number of nitrogens with one attached hydrogen (secondary N) is 1. The third-order valence-corrected chi connectivity index (χ3v) is 5.60. The Kier molecular flexibility index (Phi) is 5.59. The van der Waals surface area contributed by atoms with Gasteiger partial charge in [0.05, 0.1) is 28.6 Å². The van der Waals surface area contributed by atoms with E-state index in [4.69, 9.17) is 14.6 Å². The molecule has 1 atom stereocenters. The van der Waals surface area contributed by atoms with Crippen molar-refractivity contribution >= 4 is 29.1 Å². The van der Waals surface area contributed by atoms with Gasteiger partial charge in [0.25, 0.3) is 6.47 Å². The van der Waals surface area contributed by atoms with Gasteiger partial charge in [-0.25, -0.2) is 4.98 Å². The van der Waals surface area contributed by atoms with Crippen LogP contribution in [-0.2, 0) is 14.3 Å². The zero-order valence-electron chi connectivity index (χ0n) is 15.6. The Labute approximate surface area is 157 Å². The van der Waals surface area contributed by atoms with Gasteiger partial charge in [0.2, 0.25) is 5.91 Å². The van der Waals surface area contributed by atoms with E-state index < -0.39 is 0 Å². The molecule has 27 heavy (non-hydrogen) atoms. The fraction of sp³-hybridized carbons (Fsp3) is 0.556. The Bertz CT molecular complexity index is 800. The van der Waals surface area contributed by atoms with E-state index in [1.807, 2.05) is 24.2 Å². The first-order valence-corrected chi connectivity index (χ1v) is 8.94. The molecule has 4 rings (SSSR count). The maximum atomic E-state index is 12.8. The van der Waals surface area contributed by atoms with Gasteiger partial charge in [0.1, 0.15) is 5.82 Å². The number of piperidine rings is 2. The fourth-order valence-corrected chi connectivity index (χ4v) is 4.21. The van der Waals surface area contributed by atoms with Crippen molar-refractivity contribution in [2.24, 2.45) is 5.41 Å². The summed E-state index contributed by atoms with van der Waals surface area (Å²) >= 11 is 0. The van der Waals surface area contributed by atoms with Gasteiger partial charge < -0.3 is 19.6 Å². The summed E-state index contributed by atoms with van der Waals surface area (Å²) in [5.41, 5.74) is 0.710. The third kappa shape index (κ3) is 3.59. The van der Waals surface area contributed by atoms with Crippen molar-refractivity contribution in [3.05, 3.63) is 18.5 Å². The van der Waals surface area contributed by atoms with E-state index in [1.54, 1.807) is 13.3 Å². The Morgan fingerprint density at radius 2 is 2.11 bits per heavy atom. The van der Waals surface area contributed by atoms with Gasteiger partial charge in [0.15, 0.2) is 0 Å². The minimum absolute atomic E-state index is 0.134. The number of rotatable bonds is 2. The first-order chi connectivity index (χ1) is 13.0. The minimum atomic E-state index is -0.283. The maximum Gasteiger partial charge on any atom is 0.290 e. The van der Waals surface area contributed by atoms with Gasteiger partial charge in [-0.15, -0.1) is 0 Å². The first kappa shape index (κ1) is 19.1. The number of likely N-dealkylation sites (N-methyl/N-ethyl adjacent to an activating group) is 1. The van der Waals surface area contributed by atoms with Crippen molar-refractivity contribution in [3.8, 4) is 0 Å². The highest BCUT2D eigenvalue weighted by Crippen LogP contribution is 2.42. The van der Waals surface area contributed by atoms with Crippen molar-refractivity contribution in [3.63, 3.8) is 0 Å². The average molecular weight is 375 g/mol. The molecule has 2 saturated heterocycles. The molecule has 1 unspecified atom stereocenters. The lowest BCUT2D eigenvalue weighted by atomic mass is 9.71. The number of hydrogen-bond acceptors (Lipinski definition) is 6. The summed E-state index contributed by atoms with van der Waals surface area (Å²) in [4.78, 5) is 29.8. The van der Waals surface area contributed by atoms with Gasteiger partial charge in [0, 0.05) is 40.0 Å². The number of methoxy groups -OCH3 is 1. The first-order valence-electron chi connectivity index (χ1n) is 8.94. The smallest absolute Gasteiger partial charge is 0.290 e. The second kappa shape index (κ2) is 7.91. The highest BCUT2D eigenvalue weighted by molar-refractivity contribution is 5.89. The zero-order valence-corrected chi connectivity index (χ0v) is 15.6. The van der Waals surface area contributed by atoms with Crippen LogP contribution >= 0.6 is 0 Å². The van der Waals surface area contributed by atoms with E-state index in [1.165, 1.54) is 0 Å². The van der Waals surface area contributed by atoms with E-state index >= 15 is 0 Å². The van der Waals surface area contributed by atoms with Crippen molar-refractivity contribution in [1.29, 1.82) is 0 Å². The molecule has 9 heteroatoms. The largest absolute Gasteiger partial charge is 0.483 e. The molecule has 0 bridgehead atoms. The second-order valence-corrected chi connectivity index (χ2v) is 7.09. The highest BCUT2D eigenvalue weighted by atomic mass is 16.5. The number of pyridine rings is 1. The number of ether oxygens (including phenoxy) is 1. The Morgan fingerprint density at radius 1 is 1.41 bits per heavy atom. The maximum absolute atomic E-state index is 12.8. The van der Waals surface area contributed by atoms with Crippen molar-refractivity contribution < 1.29 is 19.4 Å². The number of likely N-dealkylation sites (tertiary alicyclic amines) is 1. The number of fused-ring (bicyclic) bond motifs is 1. The Balaban J connectivity index is 0.000000659. The molecular weight excluding hydrogens is 350 g/mol. The Morgan fingerprint density at radius 3 is 2.78 bits per heavy atom. The molecule has 2 N–H and O–H groups in total. The molecule has 1 amide bonds. The number of carbonyl (C=O) groups is 2. The molecule has 0 aliphatic carbocycles. The van der Waals surface area contributed by atoms with E-state index in [9.17, 15) is 4.79 Å². The molecule has 0 aromatic carbocycles. The number of anilines is 1. The molecule has 4 heterocycles. The summed E-state index contributed by atoms with van der Waals surface area (Å²) in [5.74, 6) is 1.22. The monoisotopic (exact) mass is 375 g/mol. The van der Waals surface area contributed by atoms with E-state index in [2.05, 4.69) is 20.1 Å². The number of aromatic nitrogens is 3. The lowest BCUT2D eigenvalue weighted by molar-refractivity contribution is -0.153. The summed E-state index contributed by atoms with van der Waals surface area (Å²) in [5, 5.41) is 15.0. The van der Waals surface area contributed by atoms with Crippen LogP contribution in [0.15, 0.2) is 18.5 Å². The summed E-state index contributed by atoms with van der Waals surface area (Å²) in [6.45, 7) is 2.09. The Hall–Kier alpha value is -2.68. The molecule has 2 aliphatic heterocycles. The zero-order chi connectivity index (χ0) is 19.4. The SMILES string of the molecule is COC1CN(C)C(=O)C2(CCN(c3nccc4[nH]ncc34)CC2)C1.O=CO. The second-order valence-electron chi connectivity index (χ2n) is 7.09. The molecular formula is C18H25N5O4. The standard InChI is InChI=1S/C17H23N5O2.CH2O2/c1-21-11-12(24-2)9-17(16(21)23)4-7-22(8-5-17)15-13-10-19-20-14(13)3-6-18-15;2-1-3/h3,6,10,12H,4-5,7-9,11H2,1-2H3,(H,19,20);1H,(H,2,3). The predicted octanol–water partition coefficient (Wildman–Crippen LogP) is 1.12. The molecule has 2 aliphatic rings. The van der Waals surface area contributed by atoms with Crippen LogP contribution in [0.25, 0.3) is 10.9 Å². The number of nitrogens with zero attached hydrogens (tertiary/aromatic N) is 4. The van der Waals surface area contributed by atoms with Gasteiger partial charge in [-0.1, -0.05) is 0 Å². The number of amides is 1. The number of H-pyrrole nitrogens is 1. The fourth-order valence-electron chi connectivity index (χ4n) is 4.21. The van der Waals surface area contributed by atoms with Crippen LogP contribution < -0.4 is 4.90 Å². The van der Waals surface area contributed by atoms with Gasteiger partial charge in [-0.05, 0) is 25.3 Å². The molecule has 1 spiro atoms. The average Bonchev–Trinajstić information content (AvgIpc) is 3.16. The van der Waals surface area contributed by atoms with Gasteiger partial charge in [-0.3, -0.25) is 14.7 Å². The number of carboxylic acid groups (broad SMARTS) is 1. The van der Waals surface area contributed by atoms with Crippen LogP contribution in [0.2, 0.25) is 0 Å². The lowest BCUT2D eigenvalue weighted by Crippen LogP contribution is -2.56. The van der Waals surface area contributed by atoms with Crippen LogP contribution in [0.5, 0.6) is 0 Å². The van der Waals surface area contributed by atoms with Crippen LogP contribution in [0, 0.1) is 5.41 Å². The van der Waals surface area contributed by atoms with E-state index in [0.717, 1.165) is 49.1 Å². The van der Waals surface area contributed by atoms with Crippen LogP contribution in [-0.4, -0.2) is 77.5 Å². The normalized spacial score (nSPS) is 21.9. The van der Waals surface area contributed by atoms with E-state index in [-0.39, 0.29) is 23.9 Å². The number of hydrogen-bond donors (Lipinski definition) is 2. The molecule has 2 aromatic heterocycles. The summed E-state index contributed by atoms with van der Waals surface area (Å²) in [7, 11) is 3.62. The molecule has 146 valence electrons. The summed E-state index contributed by atoms with van der Waals surface area (Å²) in [6.07, 6.45) is 6.26. The predicted molar refractivity (Wildman–Crippen MR) is 99.5 cm³/mol. The van der Waals surface area contributed by atoms with Gasteiger partial charge >= 0.3 is 0 Å². The highest BCUT2D eigenvalue weighted by Gasteiger charge is 2.48. The number of aromatic amines is 1.